The number of anilines is 1. The Balaban J connectivity index is 2.49. The molecule has 5 nitrogen and oxygen atoms in total. The molecule has 0 radical (unpaired) electrons. The predicted molar refractivity (Wildman–Crippen MR) is 53.8 cm³/mol. The number of rotatable bonds is 5. The summed E-state index contributed by atoms with van der Waals surface area (Å²) in [6, 6.07) is 2.90. The number of hydrogen-bond acceptors (Lipinski definition) is 4. The first kappa shape index (κ1) is 10.7. The Morgan fingerprint density at radius 3 is 2.86 bits per heavy atom. The van der Waals surface area contributed by atoms with Gasteiger partial charge in [0, 0.05) is 19.2 Å². The monoisotopic (exact) mass is 197 g/mol. The molecule has 0 aliphatic carbocycles. The lowest BCUT2D eigenvalue weighted by Gasteiger charge is -2.03. The highest BCUT2D eigenvalue weighted by molar-refractivity contribution is 5.23. The van der Waals surface area contributed by atoms with Crippen molar-refractivity contribution in [1.82, 2.24) is 9.78 Å². The van der Waals surface area contributed by atoms with E-state index in [1.54, 1.807) is 0 Å². The highest BCUT2D eigenvalue weighted by Crippen LogP contribution is 1.97. The maximum atomic E-state index is 11.2. The first-order valence-electron chi connectivity index (χ1n) is 4.68. The summed E-state index contributed by atoms with van der Waals surface area (Å²) in [6.45, 7) is 0.753. The van der Waals surface area contributed by atoms with Crippen molar-refractivity contribution in [2.24, 2.45) is 0 Å². The molecule has 0 saturated carbocycles. The second-order valence-corrected chi connectivity index (χ2v) is 3.10. The average molecular weight is 197 g/mol. The van der Waals surface area contributed by atoms with Gasteiger partial charge in [0.25, 0.3) is 5.56 Å². The number of aryl methyl sites for hydroxylation is 1. The van der Waals surface area contributed by atoms with Gasteiger partial charge in [0.05, 0.1) is 0 Å². The molecule has 0 amide bonds. The number of unbranched alkanes of at least 4 members (excludes halogenated alkanes) is 2. The molecule has 0 atom stereocenters. The number of nitrogens with two attached hydrogens (primary N) is 1. The van der Waals surface area contributed by atoms with E-state index in [0.29, 0.717) is 12.4 Å². The van der Waals surface area contributed by atoms with Crippen LogP contribution in [0.5, 0.6) is 0 Å². The predicted octanol–water partition coefficient (Wildman–Crippen LogP) is -0.0119. The Morgan fingerprint density at radius 2 is 2.14 bits per heavy atom. The van der Waals surface area contributed by atoms with Crippen LogP contribution in [-0.4, -0.2) is 21.5 Å². The second-order valence-electron chi connectivity index (χ2n) is 3.10. The Kier molecular flexibility index (Phi) is 4.12. The fourth-order valence-electron chi connectivity index (χ4n) is 1.18. The molecule has 0 aromatic carbocycles. The van der Waals surface area contributed by atoms with E-state index in [1.165, 1.54) is 16.8 Å². The van der Waals surface area contributed by atoms with Gasteiger partial charge in [-0.15, -0.1) is 0 Å². The van der Waals surface area contributed by atoms with Crippen LogP contribution in [0.1, 0.15) is 19.3 Å². The molecule has 0 bridgehead atoms. The van der Waals surface area contributed by atoms with Crippen molar-refractivity contribution >= 4 is 5.82 Å². The van der Waals surface area contributed by atoms with Crippen molar-refractivity contribution in [3.8, 4) is 0 Å². The summed E-state index contributed by atoms with van der Waals surface area (Å²) in [5.41, 5.74) is 5.31. The third-order valence-corrected chi connectivity index (χ3v) is 1.92. The van der Waals surface area contributed by atoms with Crippen LogP contribution in [0.3, 0.4) is 0 Å². The Hall–Kier alpha value is -1.36. The van der Waals surface area contributed by atoms with Crippen LogP contribution >= 0.6 is 0 Å². The maximum Gasteiger partial charge on any atom is 0.266 e. The molecule has 0 unspecified atom stereocenters. The summed E-state index contributed by atoms with van der Waals surface area (Å²) in [6.07, 6.45) is 2.48. The van der Waals surface area contributed by atoms with Crippen molar-refractivity contribution in [2.75, 3.05) is 12.3 Å². The summed E-state index contributed by atoms with van der Waals surface area (Å²) in [4.78, 5) is 11.2. The van der Waals surface area contributed by atoms with Gasteiger partial charge in [0.1, 0.15) is 5.82 Å². The van der Waals surface area contributed by atoms with Gasteiger partial charge in [-0.05, 0) is 25.3 Å². The summed E-state index contributed by atoms with van der Waals surface area (Å²) < 4.78 is 1.35. The van der Waals surface area contributed by atoms with Crippen molar-refractivity contribution in [3.63, 3.8) is 0 Å². The largest absolute Gasteiger partial charge is 0.396 e. The molecule has 0 fully saturated rings. The smallest absolute Gasteiger partial charge is 0.266 e. The lowest BCUT2D eigenvalue weighted by molar-refractivity contribution is 0.281. The molecule has 5 heteroatoms. The summed E-state index contributed by atoms with van der Waals surface area (Å²) in [7, 11) is 0. The minimum atomic E-state index is -0.136. The van der Waals surface area contributed by atoms with Gasteiger partial charge < -0.3 is 10.8 Å². The van der Waals surface area contributed by atoms with Crippen LogP contribution in [0.2, 0.25) is 0 Å². The van der Waals surface area contributed by atoms with Gasteiger partial charge in [-0.3, -0.25) is 4.79 Å². The number of aliphatic hydroxyl groups excluding tert-OH is 1. The van der Waals surface area contributed by atoms with E-state index < -0.39 is 0 Å². The fraction of sp³-hybridized carbons (Fsp3) is 0.556. The zero-order chi connectivity index (χ0) is 10.4. The van der Waals surface area contributed by atoms with Gasteiger partial charge in [0.15, 0.2) is 0 Å². The molecule has 0 spiro atoms. The molecule has 1 aromatic rings. The number of aliphatic hydroxyl groups is 1. The minimum absolute atomic E-state index is 0.136. The van der Waals surface area contributed by atoms with E-state index in [9.17, 15) is 4.79 Å². The first-order chi connectivity index (χ1) is 6.74. The van der Waals surface area contributed by atoms with Gasteiger partial charge in [-0.25, -0.2) is 4.68 Å². The van der Waals surface area contributed by atoms with Gasteiger partial charge in [-0.2, -0.15) is 5.10 Å². The van der Waals surface area contributed by atoms with E-state index >= 15 is 0 Å². The zero-order valence-corrected chi connectivity index (χ0v) is 8.02. The van der Waals surface area contributed by atoms with Gasteiger partial charge in [-0.1, -0.05) is 0 Å². The minimum Gasteiger partial charge on any atom is -0.396 e. The maximum absolute atomic E-state index is 11.2. The lowest BCUT2D eigenvalue weighted by atomic mass is 10.2. The summed E-state index contributed by atoms with van der Waals surface area (Å²) >= 11 is 0. The highest BCUT2D eigenvalue weighted by atomic mass is 16.2. The van der Waals surface area contributed by atoms with E-state index in [-0.39, 0.29) is 12.2 Å². The lowest BCUT2D eigenvalue weighted by Crippen LogP contribution is -2.22. The second kappa shape index (κ2) is 5.39. The summed E-state index contributed by atoms with van der Waals surface area (Å²) in [5, 5.41) is 12.4. The van der Waals surface area contributed by atoms with Crippen LogP contribution in [0.25, 0.3) is 0 Å². The molecule has 14 heavy (non-hydrogen) atoms. The van der Waals surface area contributed by atoms with Crippen molar-refractivity contribution in [1.29, 1.82) is 0 Å². The Labute approximate surface area is 82.2 Å². The molecule has 1 rings (SSSR count). The molecular formula is C9H15N3O2. The number of hydrogen-bond donors (Lipinski definition) is 2. The Bertz CT molecular complexity index is 335. The van der Waals surface area contributed by atoms with E-state index in [4.69, 9.17) is 10.8 Å². The van der Waals surface area contributed by atoms with E-state index in [0.717, 1.165) is 19.3 Å². The summed E-state index contributed by atoms with van der Waals surface area (Å²) in [5.74, 6) is 0.353. The van der Waals surface area contributed by atoms with Crippen LogP contribution in [0.4, 0.5) is 5.82 Å². The van der Waals surface area contributed by atoms with E-state index in [2.05, 4.69) is 5.10 Å². The molecular weight excluding hydrogens is 182 g/mol. The average Bonchev–Trinajstić information content (AvgIpc) is 2.18. The molecule has 3 N–H and O–H groups in total. The SMILES string of the molecule is Nc1ccc(=O)n(CCCCCO)n1. The first-order valence-corrected chi connectivity index (χ1v) is 4.68. The third-order valence-electron chi connectivity index (χ3n) is 1.92. The Morgan fingerprint density at radius 1 is 1.36 bits per heavy atom. The van der Waals surface area contributed by atoms with Crippen molar-refractivity contribution in [2.45, 2.75) is 25.8 Å². The van der Waals surface area contributed by atoms with Crippen molar-refractivity contribution in [3.05, 3.63) is 22.5 Å². The van der Waals surface area contributed by atoms with Crippen LogP contribution in [-0.2, 0) is 6.54 Å². The fourth-order valence-corrected chi connectivity index (χ4v) is 1.18. The molecule has 0 aliphatic rings. The standard InChI is InChI=1S/C9H15N3O2/c10-8-4-5-9(14)12(11-8)6-2-1-3-7-13/h4-5,13H,1-3,6-7H2,(H2,10,11). The quantitative estimate of drug-likeness (QED) is 0.650. The molecule has 0 aliphatic heterocycles. The number of aromatic nitrogens is 2. The molecule has 1 aromatic heterocycles. The number of nitrogen functional groups attached to an aromatic ring is 1. The topological polar surface area (TPSA) is 81.1 Å². The number of nitrogens with zero attached hydrogens (tertiary/aromatic N) is 2. The molecule has 78 valence electrons. The van der Waals surface area contributed by atoms with Gasteiger partial charge in [0.2, 0.25) is 0 Å². The highest BCUT2D eigenvalue weighted by Gasteiger charge is 1.97. The van der Waals surface area contributed by atoms with Gasteiger partial charge >= 0.3 is 0 Å². The third kappa shape index (κ3) is 3.18. The molecule has 1 heterocycles. The normalized spacial score (nSPS) is 10.4. The van der Waals surface area contributed by atoms with Crippen LogP contribution in [0, 0.1) is 0 Å². The van der Waals surface area contributed by atoms with E-state index in [1.807, 2.05) is 0 Å². The zero-order valence-electron chi connectivity index (χ0n) is 8.02. The van der Waals surface area contributed by atoms with Crippen molar-refractivity contribution < 1.29 is 5.11 Å². The molecule has 0 saturated heterocycles. The van der Waals surface area contributed by atoms with Crippen LogP contribution in [0.15, 0.2) is 16.9 Å². The van der Waals surface area contributed by atoms with Crippen LogP contribution < -0.4 is 11.3 Å².